The number of anilines is 1. The van der Waals surface area contributed by atoms with Gasteiger partial charge in [0.2, 0.25) is 11.8 Å². The number of amides is 2. The normalized spacial score (nSPS) is 27.9. The van der Waals surface area contributed by atoms with Crippen molar-refractivity contribution in [1.29, 1.82) is 0 Å². The molecule has 2 aromatic carbocycles. The number of benzene rings is 2. The van der Waals surface area contributed by atoms with E-state index in [1.165, 1.54) is 11.0 Å². The lowest BCUT2D eigenvalue weighted by molar-refractivity contribution is -0.123. The molecule has 1 fully saturated rings. The van der Waals surface area contributed by atoms with Crippen LogP contribution in [0, 0.1) is 17.8 Å². The van der Waals surface area contributed by atoms with Gasteiger partial charge in [-0.25, -0.2) is 0 Å². The van der Waals surface area contributed by atoms with Gasteiger partial charge in [-0.3, -0.25) is 24.1 Å². The molecule has 6 nitrogen and oxygen atoms in total. The van der Waals surface area contributed by atoms with Crippen LogP contribution in [-0.4, -0.2) is 28.5 Å². The summed E-state index contributed by atoms with van der Waals surface area (Å²) in [5, 5.41) is 10.2. The van der Waals surface area contributed by atoms with E-state index in [-0.39, 0.29) is 41.5 Å². The minimum absolute atomic E-state index is 0.0604. The van der Waals surface area contributed by atoms with Gasteiger partial charge in [-0.1, -0.05) is 42.0 Å². The van der Waals surface area contributed by atoms with Gasteiger partial charge < -0.3 is 5.11 Å². The number of rotatable bonds is 2. The molecule has 174 valence electrons. The number of Topliss-reactive ketones (excluding diaryl/α,β-unsaturated/α-hetero) is 1. The molecular formula is C29H23NO5. The molecule has 2 aromatic rings. The zero-order valence-corrected chi connectivity index (χ0v) is 19.1. The van der Waals surface area contributed by atoms with Gasteiger partial charge in [-0.2, -0.15) is 0 Å². The third-order valence-corrected chi connectivity index (χ3v) is 7.78. The topological polar surface area (TPSA) is 91.8 Å². The largest absolute Gasteiger partial charge is 0.508 e. The highest BCUT2D eigenvalue weighted by Gasteiger charge is 2.56. The number of imide groups is 1. The Morgan fingerprint density at radius 1 is 0.914 bits per heavy atom. The fourth-order valence-corrected chi connectivity index (χ4v) is 6.28. The Morgan fingerprint density at radius 2 is 1.69 bits per heavy atom. The summed E-state index contributed by atoms with van der Waals surface area (Å²) in [7, 11) is 0. The van der Waals surface area contributed by atoms with Gasteiger partial charge in [-0.15, -0.1) is 0 Å². The van der Waals surface area contributed by atoms with Crippen LogP contribution in [0.5, 0.6) is 5.75 Å². The summed E-state index contributed by atoms with van der Waals surface area (Å²) in [6.07, 6.45) is 3.98. The van der Waals surface area contributed by atoms with Gasteiger partial charge in [-0.05, 0) is 61.6 Å². The average Bonchev–Trinajstić information content (AvgIpc) is 3.11. The van der Waals surface area contributed by atoms with Gasteiger partial charge >= 0.3 is 0 Å². The minimum atomic E-state index is -0.605. The molecule has 0 radical (unpaired) electrons. The molecule has 0 spiro atoms. The Morgan fingerprint density at radius 3 is 2.43 bits per heavy atom. The van der Waals surface area contributed by atoms with Crippen molar-refractivity contribution in [2.45, 2.75) is 25.7 Å². The molecule has 1 saturated heterocycles. The lowest BCUT2D eigenvalue weighted by atomic mass is 9.59. The van der Waals surface area contributed by atoms with Gasteiger partial charge in [0.05, 0.1) is 17.5 Å². The monoisotopic (exact) mass is 465 g/mol. The van der Waals surface area contributed by atoms with Crippen LogP contribution in [0.2, 0.25) is 0 Å². The summed E-state index contributed by atoms with van der Waals surface area (Å²) in [6.45, 7) is 1.64. The van der Waals surface area contributed by atoms with Crippen molar-refractivity contribution in [3.8, 4) is 5.75 Å². The number of ketones is 2. The summed E-state index contributed by atoms with van der Waals surface area (Å²) in [6, 6.07) is 15.6. The molecule has 0 unspecified atom stereocenters. The van der Waals surface area contributed by atoms with Crippen molar-refractivity contribution in [2.75, 3.05) is 4.90 Å². The number of phenols is 1. The predicted molar refractivity (Wildman–Crippen MR) is 128 cm³/mol. The number of allylic oxidation sites excluding steroid dienone is 6. The number of hydrogen-bond acceptors (Lipinski definition) is 5. The Bertz CT molecular complexity index is 1410. The van der Waals surface area contributed by atoms with E-state index in [4.69, 9.17) is 0 Å². The zero-order chi connectivity index (χ0) is 24.4. The van der Waals surface area contributed by atoms with Crippen LogP contribution in [0.25, 0.3) is 0 Å². The predicted octanol–water partition coefficient (Wildman–Crippen LogP) is 4.03. The summed E-state index contributed by atoms with van der Waals surface area (Å²) in [5.74, 6) is -2.88. The molecule has 1 N–H and O–H groups in total. The average molecular weight is 466 g/mol. The van der Waals surface area contributed by atoms with Gasteiger partial charge in [0.15, 0.2) is 11.6 Å². The van der Waals surface area contributed by atoms with E-state index in [2.05, 4.69) is 0 Å². The number of para-hydroxylation sites is 1. The summed E-state index contributed by atoms with van der Waals surface area (Å²) >= 11 is 0. The highest BCUT2D eigenvalue weighted by molar-refractivity contribution is 6.25. The minimum Gasteiger partial charge on any atom is -0.508 e. The van der Waals surface area contributed by atoms with E-state index in [0.717, 1.165) is 5.57 Å². The maximum atomic E-state index is 13.7. The molecule has 1 heterocycles. The highest BCUT2D eigenvalue weighted by Crippen LogP contribution is 2.55. The van der Waals surface area contributed by atoms with Crippen molar-refractivity contribution in [2.24, 2.45) is 17.8 Å². The van der Waals surface area contributed by atoms with Crippen molar-refractivity contribution in [3.05, 3.63) is 94.6 Å². The first-order valence-corrected chi connectivity index (χ1v) is 11.8. The highest BCUT2D eigenvalue weighted by atomic mass is 16.3. The van der Waals surface area contributed by atoms with Crippen molar-refractivity contribution in [1.82, 2.24) is 0 Å². The maximum Gasteiger partial charge on any atom is 0.238 e. The number of aromatic hydroxyl groups is 1. The third-order valence-electron chi connectivity index (χ3n) is 7.78. The van der Waals surface area contributed by atoms with E-state index in [1.54, 1.807) is 49.4 Å². The van der Waals surface area contributed by atoms with Crippen LogP contribution < -0.4 is 4.90 Å². The van der Waals surface area contributed by atoms with Gasteiger partial charge in [0.1, 0.15) is 5.75 Å². The molecule has 0 bridgehead atoms. The van der Waals surface area contributed by atoms with Crippen LogP contribution in [-0.2, 0) is 19.2 Å². The Kier molecular flexibility index (Phi) is 4.74. The summed E-state index contributed by atoms with van der Waals surface area (Å²) < 4.78 is 0. The zero-order valence-electron chi connectivity index (χ0n) is 19.1. The number of carbonyl (C=O) groups excluding carboxylic acids is 4. The molecule has 6 heteroatoms. The number of hydrogen-bond donors (Lipinski definition) is 1. The number of fused-ring (bicyclic) bond motifs is 3. The molecule has 1 aliphatic heterocycles. The van der Waals surface area contributed by atoms with E-state index < -0.39 is 17.8 Å². The lowest BCUT2D eigenvalue weighted by Gasteiger charge is -2.42. The quantitative estimate of drug-likeness (QED) is 0.411. The molecule has 4 atom stereocenters. The van der Waals surface area contributed by atoms with Crippen LogP contribution in [0.15, 0.2) is 89.0 Å². The molecule has 0 aromatic heterocycles. The maximum absolute atomic E-state index is 13.7. The molecular weight excluding hydrogens is 442 g/mol. The van der Waals surface area contributed by atoms with Gasteiger partial charge in [0.25, 0.3) is 0 Å². The van der Waals surface area contributed by atoms with Crippen LogP contribution >= 0.6 is 0 Å². The number of nitrogens with zero attached hydrogens (tertiary/aromatic N) is 1. The molecule has 0 saturated carbocycles. The van der Waals surface area contributed by atoms with Crippen molar-refractivity contribution < 1.29 is 24.3 Å². The fraction of sp³-hybridized carbons (Fsp3) is 0.241. The second-order valence-corrected chi connectivity index (χ2v) is 9.67. The van der Waals surface area contributed by atoms with Crippen molar-refractivity contribution in [3.63, 3.8) is 0 Å². The van der Waals surface area contributed by atoms with Crippen LogP contribution in [0.4, 0.5) is 5.69 Å². The number of carbonyl (C=O) groups is 4. The second-order valence-electron chi connectivity index (χ2n) is 9.67. The van der Waals surface area contributed by atoms with Gasteiger partial charge in [0, 0.05) is 22.6 Å². The standard InChI is InChI=1S/C29H23NO5/c1-15-12-23(32)22-14-21-19(24(26(22)27(15)33)16-6-5-9-18(31)13-16)10-11-20-25(21)29(35)30(28(20)34)17-7-3-2-4-8-17/h2-10,12-13,20-21,24-25,31H,11,14H2,1H3/t20-,21+,24-,25-/m0/s1. The fourth-order valence-electron chi connectivity index (χ4n) is 6.28. The summed E-state index contributed by atoms with van der Waals surface area (Å²) in [4.78, 5) is 54.8. The summed E-state index contributed by atoms with van der Waals surface area (Å²) in [5.41, 5.74) is 3.34. The first kappa shape index (κ1) is 21.5. The van der Waals surface area contributed by atoms with E-state index in [9.17, 15) is 24.3 Å². The number of phenolic OH excluding ortho intramolecular Hbond substituents is 1. The molecule has 35 heavy (non-hydrogen) atoms. The molecule has 6 rings (SSSR count). The van der Waals surface area contributed by atoms with Crippen LogP contribution in [0.3, 0.4) is 0 Å². The van der Waals surface area contributed by atoms with Crippen molar-refractivity contribution >= 4 is 29.1 Å². The van der Waals surface area contributed by atoms with E-state index >= 15 is 0 Å². The SMILES string of the molecule is CC1=CC(=O)C2=C(C1=O)[C@@H](c1cccc(O)c1)C1=CC[C@@H]3C(=O)N(c4ccccc4)C(=O)[C@@H]3[C@@H]1C2. The van der Waals surface area contributed by atoms with E-state index in [0.29, 0.717) is 34.4 Å². The van der Waals surface area contributed by atoms with E-state index in [1.807, 2.05) is 18.2 Å². The van der Waals surface area contributed by atoms with Crippen LogP contribution in [0.1, 0.15) is 31.2 Å². The Balaban J connectivity index is 1.50. The molecule has 2 amide bonds. The Labute approximate surface area is 202 Å². The Hall–Kier alpha value is -4.06. The third kappa shape index (κ3) is 3.09. The first-order chi connectivity index (χ1) is 16.9. The lowest BCUT2D eigenvalue weighted by Crippen LogP contribution is -2.39. The molecule has 4 aliphatic rings. The first-order valence-electron chi connectivity index (χ1n) is 11.8. The molecule has 3 aliphatic carbocycles. The smallest absolute Gasteiger partial charge is 0.238 e. The second kappa shape index (κ2) is 7.73.